The number of thiophene rings is 1. The van der Waals surface area contributed by atoms with Gasteiger partial charge in [-0.25, -0.2) is 4.98 Å². The number of likely N-dealkylation sites (tertiary alicyclic amines) is 1. The van der Waals surface area contributed by atoms with E-state index >= 15 is 0 Å². The molecule has 1 saturated heterocycles. The van der Waals surface area contributed by atoms with Gasteiger partial charge in [0.25, 0.3) is 0 Å². The lowest BCUT2D eigenvalue weighted by atomic mass is 10.0. The van der Waals surface area contributed by atoms with E-state index in [4.69, 9.17) is 14.2 Å². The average molecular weight is 395 g/mol. The van der Waals surface area contributed by atoms with Crippen molar-refractivity contribution in [3.8, 4) is 22.1 Å². The van der Waals surface area contributed by atoms with Crippen molar-refractivity contribution >= 4 is 11.3 Å². The smallest absolute Gasteiger partial charge is 0.231 e. The monoisotopic (exact) mass is 395 g/mol. The highest BCUT2D eigenvalue weighted by atomic mass is 32.1. The van der Waals surface area contributed by atoms with Gasteiger partial charge in [-0.2, -0.15) is 0 Å². The van der Waals surface area contributed by atoms with E-state index in [1.807, 2.05) is 12.3 Å². The summed E-state index contributed by atoms with van der Waals surface area (Å²) in [7, 11) is 0. The number of fused-ring (bicyclic) bond motifs is 2. The van der Waals surface area contributed by atoms with Gasteiger partial charge in [0.2, 0.25) is 6.79 Å². The molecule has 0 aliphatic carbocycles. The summed E-state index contributed by atoms with van der Waals surface area (Å²) in [5.41, 5.74) is 2.33. The van der Waals surface area contributed by atoms with Crippen LogP contribution in [0.15, 0.2) is 41.9 Å². The van der Waals surface area contributed by atoms with Crippen LogP contribution in [0.2, 0.25) is 0 Å². The van der Waals surface area contributed by atoms with E-state index in [-0.39, 0.29) is 5.60 Å². The molecule has 1 atom stereocenters. The maximum atomic E-state index is 6.36. The normalized spacial score (nSPS) is 23.4. The lowest BCUT2D eigenvalue weighted by Gasteiger charge is -2.35. The molecule has 6 rings (SSSR count). The minimum atomic E-state index is -0.129. The van der Waals surface area contributed by atoms with Crippen molar-refractivity contribution < 1.29 is 14.2 Å². The zero-order valence-corrected chi connectivity index (χ0v) is 16.3. The Labute approximate surface area is 167 Å². The van der Waals surface area contributed by atoms with Crippen molar-refractivity contribution in [2.24, 2.45) is 0 Å². The fraction of sp³-hybridized carbons (Fsp3) is 0.381. The Balaban J connectivity index is 1.20. The molecule has 0 bridgehead atoms. The van der Waals surface area contributed by atoms with E-state index in [9.17, 15) is 0 Å². The summed E-state index contributed by atoms with van der Waals surface area (Å²) in [5.74, 6) is 2.72. The van der Waals surface area contributed by atoms with Gasteiger partial charge in [-0.05, 0) is 35.6 Å². The third-order valence-corrected chi connectivity index (χ3v) is 6.80. The maximum absolute atomic E-state index is 6.36. The zero-order valence-electron chi connectivity index (χ0n) is 15.5. The van der Waals surface area contributed by atoms with Gasteiger partial charge in [-0.3, -0.25) is 4.90 Å². The highest BCUT2D eigenvalue weighted by molar-refractivity contribution is 7.13. The summed E-state index contributed by atoms with van der Waals surface area (Å²) in [6.07, 6.45) is 3.03. The molecule has 7 heteroatoms. The van der Waals surface area contributed by atoms with E-state index in [0.29, 0.717) is 13.4 Å². The zero-order chi connectivity index (χ0) is 18.6. The molecule has 1 spiro atoms. The fourth-order valence-corrected chi connectivity index (χ4v) is 5.23. The Hall–Kier alpha value is -2.35. The van der Waals surface area contributed by atoms with Crippen molar-refractivity contribution in [3.63, 3.8) is 0 Å². The number of rotatable bonds is 3. The highest BCUT2D eigenvalue weighted by Crippen LogP contribution is 2.37. The van der Waals surface area contributed by atoms with Crippen molar-refractivity contribution in [2.45, 2.75) is 31.7 Å². The van der Waals surface area contributed by atoms with Gasteiger partial charge in [0.1, 0.15) is 18.0 Å². The minimum absolute atomic E-state index is 0.129. The Kier molecular flexibility index (Phi) is 3.75. The van der Waals surface area contributed by atoms with Crippen molar-refractivity contribution in [3.05, 3.63) is 53.3 Å². The van der Waals surface area contributed by atoms with Crippen LogP contribution in [0.25, 0.3) is 10.6 Å². The summed E-state index contributed by atoms with van der Waals surface area (Å²) in [6, 6.07) is 10.5. The number of benzene rings is 1. The molecule has 1 fully saturated rings. The van der Waals surface area contributed by atoms with Crippen molar-refractivity contribution in [1.29, 1.82) is 0 Å². The van der Waals surface area contributed by atoms with Crippen LogP contribution < -0.4 is 9.47 Å². The molecular weight excluding hydrogens is 374 g/mol. The van der Waals surface area contributed by atoms with Gasteiger partial charge in [0, 0.05) is 19.6 Å². The maximum Gasteiger partial charge on any atom is 0.231 e. The fourth-order valence-electron chi connectivity index (χ4n) is 4.48. The molecule has 3 aromatic rings. The summed E-state index contributed by atoms with van der Waals surface area (Å²) in [6.45, 7) is 4.64. The first kappa shape index (κ1) is 16.6. The van der Waals surface area contributed by atoms with Crippen LogP contribution in [0.4, 0.5) is 0 Å². The molecule has 3 aliphatic heterocycles. The molecule has 28 heavy (non-hydrogen) atoms. The van der Waals surface area contributed by atoms with Gasteiger partial charge < -0.3 is 18.8 Å². The number of hydrogen-bond acceptors (Lipinski definition) is 6. The molecule has 3 aliphatic rings. The van der Waals surface area contributed by atoms with E-state index in [0.717, 1.165) is 49.9 Å². The van der Waals surface area contributed by atoms with Crippen molar-refractivity contribution in [2.75, 3.05) is 19.9 Å². The number of imidazole rings is 1. The third kappa shape index (κ3) is 2.73. The summed E-state index contributed by atoms with van der Waals surface area (Å²) in [4.78, 5) is 8.34. The molecule has 1 aromatic carbocycles. The molecule has 144 valence electrons. The number of nitrogens with zero attached hydrogens (tertiary/aromatic N) is 3. The van der Waals surface area contributed by atoms with E-state index in [2.05, 4.69) is 44.1 Å². The molecule has 0 unspecified atom stereocenters. The Morgan fingerprint density at radius 1 is 1.14 bits per heavy atom. The van der Waals surface area contributed by atoms with Crippen LogP contribution in [-0.2, 0) is 24.4 Å². The topological polar surface area (TPSA) is 48.8 Å². The average Bonchev–Trinajstić information content (AvgIpc) is 3.48. The van der Waals surface area contributed by atoms with Crippen LogP contribution in [0.3, 0.4) is 0 Å². The first-order valence-corrected chi connectivity index (χ1v) is 10.5. The van der Waals surface area contributed by atoms with Gasteiger partial charge in [-0.15, -0.1) is 11.3 Å². The predicted molar refractivity (Wildman–Crippen MR) is 106 cm³/mol. The first-order valence-electron chi connectivity index (χ1n) is 9.61. The molecule has 2 aromatic heterocycles. The minimum Gasteiger partial charge on any atom is -0.454 e. The van der Waals surface area contributed by atoms with Gasteiger partial charge in [0.05, 0.1) is 23.3 Å². The summed E-state index contributed by atoms with van der Waals surface area (Å²) >= 11 is 1.76. The summed E-state index contributed by atoms with van der Waals surface area (Å²) in [5, 5.41) is 2.12. The number of ether oxygens (including phenoxy) is 3. The predicted octanol–water partition coefficient (Wildman–Crippen LogP) is 3.52. The van der Waals surface area contributed by atoms with E-state index in [1.54, 1.807) is 11.3 Å². The molecule has 0 saturated carbocycles. The molecular formula is C21H21N3O3S. The van der Waals surface area contributed by atoms with Crippen LogP contribution in [0, 0.1) is 0 Å². The second-order valence-electron chi connectivity index (χ2n) is 7.74. The molecule has 5 heterocycles. The Morgan fingerprint density at radius 2 is 2.11 bits per heavy atom. The second-order valence-corrected chi connectivity index (χ2v) is 8.69. The lowest BCUT2D eigenvalue weighted by Crippen LogP contribution is -2.44. The Morgan fingerprint density at radius 3 is 3.04 bits per heavy atom. The largest absolute Gasteiger partial charge is 0.454 e. The highest BCUT2D eigenvalue weighted by Gasteiger charge is 2.43. The van der Waals surface area contributed by atoms with Crippen molar-refractivity contribution in [1.82, 2.24) is 14.5 Å². The van der Waals surface area contributed by atoms with Gasteiger partial charge in [-0.1, -0.05) is 12.1 Å². The molecule has 6 nitrogen and oxygen atoms in total. The third-order valence-electron chi connectivity index (χ3n) is 5.90. The molecule has 0 amide bonds. The first-order chi connectivity index (χ1) is 13.8. The van der Waals surface area contributed by atoms with Crippen LogP contribution >= 0.6 is 11.3 Å². The van der Waals surface area contributed by atoms with E-state index < -0.39 is 0 Å². The van der Waals surface area contributed by atoms with Crippen LogP contribution in [0.1, 0.15) is 17.8 Å². The quantitative estimate of drug-likeness (QED) is 0.679. The lowest BCUT2D eigenvalue weighted by molar-refractivity contribution is -0.0821. The molecule has 0 radical (unpaired) electrons. The van der Waals surface area contributed by atoms with Crippen LogP contribution in [-0.4, -0.2) is 39.9 Å². The second kappa shape index (κ2) is 6.34. The summed E-state index contributed by atoms with van der Waals surface area (Å²) < 4.78 is 19.7. The molecule has 0 N–H and O–H groups in total. The standard InChI is InChI=1S/C21H21N3O3S/c1-2-19(28-7-1)16-9-22-20-11-27-21(13-24(16)20)5-6-23(12-21)10-15-3-4-17-18(8-15)26-14-25-17/h1-4,7-9H,5-6,10-14H2/t21-/m1/s1. The number of aromatic nitrogens is 2. The SMILES string of the molecule is c1csc(-c2cnc3n2C[C@]2(CCN(Cc4ccc5c(c4)OCO5)C2)OC3)c1. The Bertz CT molecular complexity index is 1020. The van der Waals surface area contributed by atoms with Gasteiger partial charge >= 0.3 is 0 Å². The van der Waals surface area contributed by atoms with Gasteiger partial charge in [0.15, 0.2) is 11.5 Å². The van der Waals surface area contributed by atoms with Crippen LogP contribution in [0.5, 0.6) is 11.5 Å². The number of hydrogen-bond donors (Lipinski definition) is 0. The van der Waals surface area contributed by atoms with E-state index in [1.165, 1.54) is 16.1 Å².